The topological polar surface area (TPSA) is 62.9 Å². The van der Waals surface area contributed by atoms with Crippen molar-refractivity contribution in [2.75, 3.05) is 6.61 Å². The number of para-hydroxylation sites is 1. The third kappa shape index (κ3) is 4.25. The number of phenolic OH excluding ortho intramolecular Hbond substituents is 1. The highest BCUT2D eigenvalue weighted by Crippen LogP contribution is 2.21. The Bertz CT molecular complexity index is 841. The van der Waals surface area contributed by atoms with Gasteiger partial charge in [-0.25, -0.2) is 0 Å². The van der Waals surface area contributed by atoms with Crippen molar-refractivity contribution in [3.63, 3.8) is 0 Å². The zero-order valence-electron chi connectivity index (χ0n) is 14.6. The molecule has 0 aliphatic carbocycles. The zero-order chi connectivity index (χ0) is 18.4. The molecule has 3 rings (SSSR count). The van der Waals surface area contributed by atoms with Crippen molar-refractivity contribution >= 4 is 5.91 Å². The van der Waals surface area contributed by atoms with Crippen molar-refractivity contribution in [3.05, 3.63) is 83.8 Å². The average Bonchev–Trinajstić information content (AvgIpc) is 3.16. The summed E-state index contributed by atoms with van der Waals surface area (Å²) in [5.41, 5.74) is 1.23. The number of hydrogen-bond acceptors (Lipinski definition) is 4. The first-order chi connectivity index (χ1) is 12.7. The summed E-state index contributed by atoms with van der Waals surface area (Å²) in [6.45, 7) is 3.08. The smallest absolute Gasteiger partial charge is 0.254 e. The van der Waals surface area contributed by atoms with Gasteiger partial charge in [0.2, 0.25) is 0 Å². The van der Waals surface area contributed by atoms with E-state index in [2.05, 4.69) is 0 Å². The van der Waals surface area contributed by atoms with Gasteiger partial charge in [-0.2, -0.15) is 0 Å². The van der Waals surface area contributed by atoms with Gasteiger partial charge in [0, 0.05) is 11.1 Å². The molecule has 26 heavy (non-hydrogen) atoms. The molecule has 5 nitrogen and oxygen atoms in total. The van der Waals surface area contributed by atoms with Gasteiger partial charge in [-0.3, -0.25) is 4.79 Å². The Hall–Kier alpha value is -3.21. The lowest BCUT2D eigenvalue weighted by Crippen LogP contribution is -2.30. The molecule has 134 valence electrons. The van der Waals surface area contributed by atoms with Crippen LogP contribution >= 0.6 is 0 Å². The Balaban J connectivity index is 1.84. The Labute approximate surface area is 152 Å². The average molecular weight is 351 g/mol. The molecule has 5 heteroatoms. The molecule has 0 spiro atoms. The third-order valence-corrected chi connectivity index (χ3v) is 3.98. The summed E-state index contributed by atoms with van der Waals surface area (Å²) in [4.78, 5) is 14.7. The monoisotopic (exact) mass is 351 g/mol. The van der Waals surface area contributed by atoms with Crippen LogP contribution in [0.15, 0.2) is 71.3 Å². The fourth-order valence-electron chi connectivity index (χ4n) is 2.68. The summed E-state index contributed by atoms with van der Waals surface area (Å²) in [5.74, 6) is 1.42. The van der Waals surface area contributed by atoms with Crippen LogP contribution in [0.3, 0.4) is 0 Å². The number of aromatic hydroxyl groups is 1. The molecular weight excluding hydrogens is 330 g/mol. The van der Waals surface area contributed by atoms with E-state index in [-0.39, 0.29) is 18.2 Å². The molecule has 0 saturated carbocycles. The largest absolute Gasteiger partial charge is 0.508 e. The lowest BCUT2D eigenvalue weighted by atomic mass is 10.1. The SMILES string of the molecule is CCOc1ccc(C(=O)N(Cc2ccco2)Cc2ccccc2O)cc1. The van der Waals surface area contributed by atoms with Crippen LogP contribution in [-0.2, 0) is 13.1 Å². The number of phenols is 1. The van der Waals surface area contributed by atoms with E-state index in [4.69, 9.17) is 9.15 Å². The molecule has 1 heterocycles. The quantitative estimate of drug-likeness (QED) is 0.692. The van der Waals surface area contributed by atoms with E-state index in [1.165, 1.54) is 0 Å². The first-order valence-corrected chi connectivity index (χ1v) is 8.48. The van der Waals surface area contributed by atoms with Crippen LogP contribution in [0.4, 0.5) is 0 Å². The molecule has 0 unspecified atom stereocenters. The van der Waals surface area contributed by atoms with Gasteiger partial charge in [-0.1, -0.05) is 18.2 Å². The second-order valence-corrected chi connectivity index (χ2v) is 5.83. The molecule has 1 amide bonds. The van der Waals surface area contributed by atoms with Crippen molar-refractivity contribution in [3.8, 4) is 11.5 Å². The predicted molar refractivity (Wildman–Crippen MR) is 98.0 cm³/mol. The summed E-state index contributed by atoms with van der Waals surface area (Å²) >= 11 is 0. The van der Waals surface area contributed by atoms with E-state index in [0.29, 0.717) is 30.0 Å². The summed E-state index contributed by atoms with van der Waals surface area (Å²) in [6.07, 6.45) is 1.58. The van der Waals surface area contributed by atoms with Crippen molar-refractivity contribution in [1.29, 1.82) is 0 Å². The van der Waals surface area contributed by atoms with Gasteiger partial charge in [0.15, 0.2) is 0 Å². The van der Waals surface area contributed by atoms with Crippen molar-refractivity contribution in [2.45, 2.75) is 20.0 Å². The molecule has 0 saturated heterocycles. The summed E-state index contributed by atoms with van der Waals surface area (Å²) < 4.78 is 10.8. The normalized spacial score (nSPS) is 10.5. The Morgan fingerprint density at radius 1 is 1.04 bits per heavy atom. The number of ether oxygens (including phenoxy) is 1. The van der Waals surface area contributed by atoms with Crippen LogP contribution in [0.5, 0.6) is 11.5 Å². The molecular formula is C21H21NO4. The van der Waals surface area contributed by atoms with E-state index in [0.717, 1.165) is 5.75 Å². The molecule has 0 atom stereocenters. The van der Waals surface area contributed by atoms with E-state index in [9.17, 15) is 9.90 Å². The fourth-order valence-corrected chi connectivity index (χ4v) is 2.68. The van der Waals surface area contributed by atoms with Gasteiger partial charge in [0.05, 0.1) is 26.0 Å². The van der Waals surface area contributed by atoms with E-state index >= 15 is 0 Å². The first kappa shape index (κ1) is 17.6. The highest BCUT2D eigenvalue weighted by Gasteiger charge is 2.19. The Morgan fingerprint density at radius 3 is 2.46 bits per heavy atom. The molecule has 0 aliphatic rings. The summed E-state index contributed by atoms with van der Waals surface area (Å²) in [5, 5.41) is 10.1. The van der Waals surface area contributed by atoms with Gasteiger partial charge in [-0.15, -0.1) is 0 Å². The van der Waals surface area contributed by atoms with E-state index in [1.54, 1.807) is 59.7 Å². The predicted octanol–water partition coefficient (Wildman–Crippen LogP) is 4.23. The van der Waals surface area contributed by atoms with Gasteiger partial charge >= 0.3 is 0 Å². The number of benzene rings is 2. The standard InChI is InChI=1S/C21H21NO4/c1-2-25-18-11-9-16(10-12-18)21(24)22(15-19-7-5-13-26-19)14-17-6-3-4-8-20(17)23/h3-13,23H,2,14-15H2,1H3. The van der Waals surface area contributed by atoms with Crippen molar-refractivity contribution in [2.24, 2.45) is 0 Å². The van der Waals surface area contributed by atoms with Gasteiger partial charge in [0.25, 0.3) is 5.91 Å². The lowest BCUT2D eigenvalue weighted by Gasteiger charge is -2.22. The lowest BCUT2D eigenvalue weighted by molar-refractivity contribution is 0.0716. The van der Waals surface area contributed by atoms with Crippen LogP contribution in [0, 0.1) is 0 Å². The second-order valence-electron chi connectivity index (χ2n) is 5.83. The number of carbonyl (C=O) groups excluding carboxylic acids is 1. The molecule has 2 aromatic carbocycles. The maximum absolute atomic E-state index is 13.0. The minimum atomic E-state index is -0.146. The highest BCUT2D eigenvalue weighted by atomic mass is 16.5. The molecule has 1 aromatic heterocycles. The second kappa shape index (κ2) is 8.25. The van der Waals surface area contributed by atoms with Gasteiger partial charge < -0.3 is 19.2 Å². The molecule has 0 fully saturated rings. The maximum Gasteiger partial charge on any atom is 0.254 e. The number of furan rings is 1. The number of carbonyl (C=O) groups is 1. The first-order valence-electron chi connectivity index (χ1n) is 8.48. The molecule has 0 radical (unpaired) electrons. The summed E-state index contributed by atoms with van der Waals surface area (Å²) in [7, 11) is 0. The van der Waals surface area contributed by atoms with Crippen LogP contribution < -0.4 is 4.74 Å². The minimum Gasteiger partial charge on any atom is -0.508 e. The third-order valence-electron chi connectivity index (χ3n) is 3.98. The van der Waals surface area contributed by atoms with Crippen LogP contribution in [0.25, 0.3) is 0 Å². The van der Waals surface area contributed by atoms with Crippen molar-refractivity contribution in [1.82, 2.24) is 4.90 Å². The van der Waals surface area contributed by atoms with Crippen LogP contribution in [0.1, 0.15) is 28.6 Å². The fraction of sp³-hybridized carbons (Fsp3) is 0.190. The number of rotatable bonds is 7. The minimum absolute atomic E-state index is 0.146. The molecule has 0 bridgehead atoms. The van der Waals surface area contributed by atoms with Crippen molar-refractivity contribution < 1.29 is 19.1 Å². The Morgan fingerprint density at radius 2 is 1.81 bits per heavy atom. The highest BCUT2D eigenvalue weighted by molar-refractivity contribution is 5.94. The van der Waals surface area contributed by atoms with Gasteiger partial charge in [-0.05, 0) is 49.4 Å². The van der Waals surface area contributed by atoms with E-state index < -0.39 is 0 Å². The number of hydrogen-bond donors (Lipinski definition) is 1. The summed E-state index contributed by atoms with van der Waals surface area (Å²) in [6, 6.07) is 17.7. The zero-order valence-corrected chi connectivity index (χ0v) is 14.6. The maximum atomic E-state index is 13.0. The van der Waals surface area contributed by atoms with Gasteiger partial charge in [0.1, 0.15) is 17.3 Å². The molecule has 1 N–H and O–H groups in total. The Kier molecular flexibility index (Phi) is 5.59. The molecule has 0 aliphatic heterocycles. The number of nitrogens with zero attached hydrogens (tertiary/aromatic N) is 1. The molecule has 3 aromatic rings. The van der Waals surface area contributed by atoms with E-state index in [1.807, 2.05) is 19.1 Å². The van der Waals surface area contributed by atoms with Crippen LogP contribution in [0.2, 0.25) is 0 Å². The number of amides is 1. The van der Waals surface area contributed by atoms with Crippen LogP contribution in [-0.4, -0.2) is 22.5 Å².